The Labute approximate surface area is 117 Å². The van der Waals surface area contributed by atoms with Crippen LogP contribution in [-0.2, 0) is 4.74 Å². The second-order valence-corrected chi connectivity index (χ2v) is 5.59. The van der Waals surface area contributed by atoms with E-state index >= 15 is 0 Å². The van der Waals surface area contributed by atoms with Crippen molar-refractivity contribution in [2.24, 2.45) is 0 Å². The summed E-state index contributed by atoms with van der Waals surface area (Å²) in [4.78, 5) is 0. The molecule has 1 aliphatic heterocycles. The minimum absolute atomic E-state index is 0.460. The van der Waals surface area contributed by atoms with Gasteiger partial charge in [-0.3, -0.25) is 0 Å². The largest absolute Gasteiger partial charge is 0.494 e. The maximum Gasteiger partial charge on any atom is 0.119 e. The fourth-order valence-electron chi connectivity index (χ4n) is 2.69. The Morgan fingerprint density at radius 3 is 2.58 bits per heavy atom. The molecule has 0 radical (unpaired) electrons. The summed E-state index contributed by atoms with van der Waals surface area (Å²) in [6.45, 7) is 9.53. The molecule has 106 valence electrons. The van der Waals surface area contributed by atoms with E-state index in [0.29, 0.717) is 18.1 Å². The Morgan fingerprint density at radius 2 is 2.05 bits per heavy atom. The van der Waals surface area contributed by atoms with Gasteiger partial charge in [-0.25, -0.2) is 0 Å². The number of ether oxygens (including phenoxy) is 2. The molecular formula is C17H26O2. The SMILES string of the molecule is CCCOc1ccc(C(CC)CC2OC2C)c(C)c1. The van der Waals surface area contributed by atoms with Crippen LogP contribution in [0.15, 0.2) is 18.2 Å². The third-order valence-electron chi connectivity index (χ3n) is 4.00. The second kappa shape index (κ2) is 6.42. The zero-order valence-electron chi connectivity index (χ0n) is 12.6. The summed E-state index contributed by atoms with van der Waals surface area (Å²) < 4.78 is 11.3. The van der Waals surface area contributed by atoms with Gasteiger partial charge in [0.05, 0.1) is 18.8 Å². The molecule has 0 amide bonds. The summed E-state index contributed by atoms with van der Waals surface area (Å²) in [5.74, 6) is 1.60. The van der Waals surface area contributed by atoms with Gasteiger partial charge in [0.25, 0.3) is 0 Å². The molecule has 0 N–H and O–H groups in total. The Morgan fingerprint density at radius 1 is 1.32 bits per heavy atom. The monoisotopic (exact) mass is 262 g/mol. The maximum absolute atomic E-state index is 5.69. The first-order valence-corrected chi connectivity index (χ1v) is 7.54. The molecule has 0 saturated carbocycles. The molecular weight excluding hydrogens is 236 g/mol. The van der Waals surface area contributed by atoms with Crippen molar-refractivity contribution in [3.05, 3.63) is 29.3 Å². The topological polar surface area (TPSA) is 21.8 Å². The van der Waals surface area contributed by atoms with E-state index in [4.69, 9.17) is 9.47 Å². The predicted octanol–water partition coefficient (Wildman–Crippen LogP) is 4.45. The number of rotatable bonds is 7. The van der Waals surface area contributed by atoms with Crippen molar-refractivity contribution in [2.75, 3.05) is 6.61 Å². The van der Waals surface area contributed by atoms with Gasteiger partial charge in [-0.05, 0) is 62.3 Å². The van der Waals surface area contributed by atoms with E-state index in [-0.39, 0.29) is 0 Å². The number of epoxide rings is 1. The van der Waals surface area contributed by atoms with Gasteiger partial charge in [-0.1, -0.05) is 19.9 Å². The first kappa shape index (κ1) is 14.4. The zero-order valence-corrected chi connectivity index (χ0v) is 12.6. The quantitative estimate of drug-likeness (QED) is 0.677. The molecule has 2 heteroatoms. The van der Waals surface area contributed by atoms with Crippen LogP contribution < -0.4 is 4.74 Å². The summed E-state index contributed by atoms with van der Waals surface area (Å²) in [6, 6.07) is 6.52. The van der Waals surface area contributed by atoms with E-state index in [1.807, 2.05) is 0 Å². The van der Waals surface area contributed by atoms with Crippen LogP contribution in [0.2, 0.25) is 0 Å². The molecule has 2 nitrogen and oxygen atoms in total. The lowest BCUT2D eigenvalue weighted by Gasteiger charge is -2.18. The summed E-state index contributed by atoms with van der Waals surface area (Å²) in [6.07, 6.45) is 4.30. The third kappa shape index (κ3) is 3.73. The van der Waals surface area contributed by atoms with Crippen molar-refractivity contribution in [2.45, 2.75) is 65.1 Å². The summed E-state index contributed by atoms with van der Waals surface area (Å²) >= 11 is 0. The van der Waals surface area contributed by atoms with Crippen LogP contribution in [0.25, 0.3) is 0 Å². The number of hydrogen-bond acceptors (Lipinski definition) is 2. The van der Waals surface area contributed by atoms with E-state index in [2.05, 4.69) is 45.9 Å². The van der Waals surface area contributed by atoms with Crippen LogP contribution in [0.1, 0.15) is 57.1 Å². The molecule has 0 bridgehead atoms. The van der Waals surface area contributed by atoms with Gasteiger partial charge in [0.1, 0.15) is 5.75 Å². The summed E-state index contributed by atoms with van der Waals surface area (Å²) in [7, 11) is 0. The second-order valence-electron chi connectivity index (χ2n) is 5.59. The first-order chi connectivity index (χ1) is 9.15. The highest BCUT2D eigenvalue weighted by Gasteiger charge is 2.36. The molecule has 1 fully saturated rings. The van der Waals surface area contributed by atoms with Crippen molar-refractivity contribution in [3.63, 3.8) is 0 Å². The van der Waals surface area contributed by atoms with Gasteiger partial charge < -0.3 is 9.47 Å². The lowest BCUT2D eigenvalue weighted by atomic mass is 9.88. The Balaban J connectivity index is 2.05. The molecule has 1 heterocycles. The average Bonchev–Trinajstić information content (AvgIpc) is 3.10. The molecule has 3 atom stereocenters. The normalized spacial score (nSPS) is 23.2. The van der Waals surface area contributed by atoms with Crippen molar-refractivity contribution < 1.29 is 9.47 Å². The van der Waals surface area contributed by atoms with Gasteiger partial charge >= 0.3 is 0 Å². The van der Waals surface area contributed by atoms with Gasteiger partial charge in [-0.15, -0.1) is 0 Å². The van der Waals surface area contributed by atoms with E-state index in [1.54, 1.807) is 0 Å². The Bertz CT molecular complexity index is 414. The molecule has 19 heavy (non-hydrogen) atoms. The van der Waals surface area contributed by atoms with Gasteiger partial charge in [0.15, 0.2) is 0 Å². The van der Waals surface area contributed by atoms with Crippen molar-refractivity contribution in [1.82, 2.24) is 0 Å². The van der Waals surface area contributed by atoms with E-state index < -0.39 is 0 Å². The molecule has 1 aromatic carbocycles. The molecule has 1 saturated heterocycles. The van der Waals surface area contributed by atoms with Gasteiger partial charge in [0, 0.05) is 0 Å². The average molecular weight is 262 g/mol. The van der Waals surface area contributed by atoms with E-state index in [9.17, 15) is 0 Å². The van der Waals surface area contributed by atoms with Crippen molar-refractivity contribution in [3.8, 4) is 5.75 Å². The fraction of sp³-hybridized carbons (Fsp3) is 0.647. The molecule has 1 aromatic rings. The first-order valence-electron chi connectivity index (χ1n) is 7.54. The van der Waals surface area contributed by atoms with E-state index in [1.165, 1.54) is 17.5 Å². The molecule has 1 aliphatic rings. The maximum atomic E-state index is 5.69. The van der Waals surface area contributed by atoms with Crippen molar-refractivity contribution in [1.29, 1.82) is 0 Å². The van der Waals surface area contributed by atoms with Crippen LogP contribution in [0.4, 0.5) is 0 Å². The number of aryl methyl sites for hydroxylation is 1. The minimum Gasteiger partial charge on any atom is -0.494 e. The van der Waals surface area contributed by atoms with Crippen LogP contribution in [0.5, 0.6) is 5.75 Å². The fourth-order valence-corrected chi connectivity index (χ4v) is 2.69. The lowest BCUT2D eigenvalue weighted by Crippen LogP contribution is -2.05. The molecule has 0 spiro atoms. The number of benzene rings is 1. The molecule has 0 aliphatic carbocycles. The minimum atomic E-state index is 0.460. The highest BCUT2D eigenvalue weighted by Crippen LogP contribution is 2.36. The summed E-state index contributed by atoms with van der Waals surface area (Å²) in [5, 5.41) is 0. The van der Waals surface area contributed by atoms with Gasteiger partial charge in [0.2, 0.25) is 0 Å². The van der Waals surface area contributed by atoms with Crippen molar-refractivity contribution >= 4 is 0 Å². The van der Waals surface area contributed by atoms with Crippen LogP contribution in [0.3, 0.4) is 0 Å². The third-order valence-corrected chi connectivity index (χ3v) is 4.00. The zero-order chi connectivity index (χ0) is 13.8. The lowest BCUT2D eigenvalue weighted by molar-refractivity contribution is 0.317. The molecule has 0 aromatic heterocycles. The Hall–Kier alpha value is -1.02. The van der Waals surface area contributed by atoms with Crippen LogP contribution in [0, 0.1) is 6.92 Å². The van der Waals surface area contributed by atoms with Gasteiger partial charge in [-0.2, -0.15) is 0 Å². The predicted molar refractivity (Wildman–Crippen MR) is 78.9 cm³/mol. The van der Waals surface area contributed by atoms with E-state index in [0.717, 1.165) is 25.2 Å². The standard InChI is InChI=1S/C17H26O2/c1-5-9-18-15-7-8-16(12(3)10-15)14(6-2)11-17-13(4)19-17/h7-8,10,13-14,17H,5-6,9,11H2,1-4H3. The summed E-state index contributed by atoms with van der Waals surface area (Å²) in [5.41, 5.74) is 2.79. The van der Waals surface area contributed by atoms with Crippen LogP contribution in [-0.4, -0.2) is 18.8 Å². The highest BCUT2D eigenvalue weighted by atomic mass is 16.6. The molecule has 2 rings (SSSR count). The highest BCUT2D eigenvalue weighted by molar-refractivity contribution is 5.37. The van der Waals surface area contributed by atoms with Crippen LogP contribution >= 0.6 is 0 Å². The molecule has 3 unspecified atom stereocenters. The smallest absolute Gasteiger partial charge is 0.119 e. The Kier molecular flexibility index (Phi) is 4.87. The number of hydrogen-bond donors (Lipinski definition) is 0.